The smallest absolute Gasteiger partial charge is 0.319 e. The quantitative estimate of drug-likeness (QED) is 0.653. The lowest BCUT2D eigenvalue weighted by molar-refractivity contribution is 0.102. The molecule has 2 aromatic carbocycles. The van der Waals surface area contributed by atoms with E-state index < -0.39 is 5.82 Å². The summed E-state index contributed by atoms with van der Waals surface area (Å²) < 4.78 is 13.2. The Morgan fingerprint density at radius 2 is 1.68 bits per heavy atom. The molecule has 6 heteroatoms. The van der Waals surface area contributed by atoms with Gasteiger partial charge < -0.3 is 16.0 Å². The van der Waals surface area contributed by atoms with Gasteiger partial charge in [-0.1, -0.05) is 31.9 Å². The van der Waals surface area contributed by atoms with Crippen molar-refractivity contribution in [3.05, 3.63) is 59.9 Å². The van der Waals surface area contributed by atoms with E-state index in [0.29, 0.717) is 23.5 Å². The third-order valence-corrected chi connectivity index (χ3v) is 3.53. The maximum absolute atomic E-state index is 13.2. The van der Waals surface area contributed by atoms with Crippen LogP contribution in [0.1, 0.15) is 36.5 Å². The Bertz CT molecular complexity index is 734. The molecule has 0 saturated heterocycles. The van der Waals surface area contributed by atoms with E-state index in [2.05, 4.69) is 22.9 Å². The molecule has 0 spiro atoms. The minimum atomic E-state index is -0.423. The first kappa shape index (κ1) is 18.4. The van der Waals surface area contributed by atoms with Crippen LogP contribution in [0.2, 0.25) is 0 Å². The topological polar surface area (TPSA) is 70.2 Å². The first-order chi connectivity index (χ1) is 12.1. The number of halogens is 1. The SMILES string of the molecule is CCCCCNC(=O)Nc1cccc(C(=O)Nc2cccc(F)c2)c1. The number of nitrogens with one attached hydrogen (secondary N) is 3. The van der Waals surface area contributed by atoms with Crippen molar-refractivity contribution in [2.24, 2.45) is 0 Å². The standard InChI is InChI=1S/C19H22FN3O2/c1-2-3-4-11-21-19(25)23-16-9-5-7-14(12-16)18(24)22-17-10-6-8-15(20)13-17/h5-10,12-13H,2-4,11H2,1H3,(H,22,24)(H2,21,23,25). The molecule has 0 aliphatic rings. The molecule has 25 heavy (non-hydrogen) atoms. The number of hydrogen-bond acceptors (Lipinski definition) is 2. The molecular formula is C19H22FN3O2. The largest absolute Gasteiger partial charge is 0.338 e. The molecule has 0 aliphatic carbocycles. The normalized spacial score (nSPS) is 10.2. The second kappa shape index (κ2) is 9.42. The Morgan fingerprint density at radius 3 is 2.40 bits per heavy atom. The number of carbonyl (C=O) groups is 2. The third kappa shape index (κ3) is 6.25. The molecule has 0 saturated carbocycles. The van der Waals surface area contributed by atoms with Gasteiger partial charge >= 0.3 is 6.03 Å². The van der Waals surface area contributed by atoms with Gasteiger partial charge in [-0.2, -0.15) is 0 Å². The van der Waals surface area contributed by atoms with E-state index in [-0.39, 0.29) is 11.9 Å². The van der Waals surface area contributed by atoms with Crippen molar-refractivity contribution in [1.82, 2.24) is 5.32 Å². The van der Waals surface area contributed by atoms with Gasteiger partial charge in [-0.25, -0.2) is 9.18 Å². The summed E-state index contributed by atoms with van der Waals surface area (Å²) in [5.74, 6) is -0.800. The van der Waals surface area contributed by atoms with Gasteiger partial charge in [-0.05, 0) is 42.8 Å². The second-order valence-electron chi connectivity index (χ2n) is 5.63. The predicted octanol–water partition coefficient (Wildman–Crippen LogP) is 4.39. The number of hydrogen-bond donors (Lipinski definition) is 3. The van der Waals surface area contributed by atoms with Crippen LogP contribution in [0.4, 0.5) is 20.6 Å². The highest BCUT2D eigenvalue weighted by Crippen LogP contribution is 2.14. The van der Waals surface area contributed by atoms with Gasteiger partial charge in [-0.15, -0.1) is 0 Å². The molecule has 2 rings (SSSR count). The van der Waals surface area contributed by atoms with Crippen LogP contribution in [0.3, 0.4) is 0 Å². The number of benzene rings is 2. The Morgan fingerprint density at radius 1 is 0.960 bits per heavy atom. The Hall–Kier alpha value is -2.89. The lowest BCUT2D eigenvalue weighted by Gasteiger charge is -2.09. The fourth-order valence-corrected chi connectivity index (χ4v) is 2.26. The zero-order chi connectivity index (χ0) is 18.1. The number of urea groups is 1. The van der Waals surface area contributed by atoms with Crippen LogP contribution < -0.4 is 16.0 Å². The molecular weight excluding hydrogens is 321 g/mol. The molecule has 0 aromatic heterocycles. The molecule has 0 fully saturated rings. The average Bonchev–Trinajstić information content (AvgIpc) is 2.59. The molecule has 0 radical (unpaired) electrons. The molecule has 132 valence electrons. The van der Waals surface area contributed by atoms with E-state index >= 15 is 0 Å². The summed E-state index contributed by atoms with van der Waals surface area (Å²) in [7, 11) is 0. The molecule has 0 heterocycles. The summed E-state index contributed by atoms with van der Waals surface area (Å²) in [6.07, 6.45) is 3.09. The minimum absolute atomic E-state index is 0.307. The van der Waals surface area contributed by atoms with E-state index in [9.17, 15) is 14.0 Å². The monoisotopic (exact) mass is 343 g/mol. The first-order valence-corrected chi connectivity index (χ1v) is 8.30. The van der Waals surface area contributed by atoms with Crippen LogP contribution in [0, 0.1) is 5.82 Å². The summed E-state index contributed by atoms with van der Waals surface area (Å²) in [6, 6.07) is 11.9. The van der Waals surface area contributed by atoms with Crippen molar-refractivity contribution in [3.63, 3.8) is 0 Å². The fourth-order valence-electron chi connectivity index (χ4n) is 2.26. The van der Waals surface area contributed by atoms with Gasteiger partial charge in [0.1, 0.15) is 5.82 Å². The average molecular weight is 343 g/mol. The van der Waals surface area contributed by atoms with Crippen LogP contribution in [0.25, 0.3) is 0 Å². The van der Waals surface area contributed by atoms with Crippen molar-refractivity contribution in [3.8, 4) is 0 Å². The Labute approximate surface area is 146 Å². The van der Waals surface area contributed by atoms with E-state index in [1.165, 1.54) is 18.2 Å². The van der Waals surface area contributed by atoms with Crippen molar-refractivity contribution in [1.29, 1.82) is 0 Å². The highest BCUT2D eigenvalue weighted by Gasteiger charge is 2.08. The lowest BCUT2D eigenvalue weighted by atomic mass is 10.2. The van der Waals surface area contributed by atoms with Crippen LogP contribution in [-0.2, 0) is 0 Å². The minimum Gasteiger partial charge on any atom is -0.338 e. The summed E-state index contributed by atoms with van der Waals surface area (Å²) in [6.45, 7) is 2.71. The van der Waals surface area contributed by atoms with Gasteiger partial charge in [0, 0.05) is 23.5 Å². The predicted molar refractivity (Wildman–Crippen MR) is 97.3 cm³/mol. The van der Waals surface area contributed by atoms with Gasteiger partial charge in [0.25, 0.3) is 5.91 Å². The van der Waals surface area contributed by atoms with Crippen molar-refractivity contribution >= 4 is 23.3 Å². The number of unbranched alkanes of at least 4 members (excludes halogenated alkanes) is 2. The first-order valence-electron chi connectivity index (χ1n) is 8.30. The summed E-state index contributed by atoms with van der Waals surface area (Å²) in [5, 5.41) is 8.09. The van der Waals surface area contributed by atoms with Gasteiger partial charge in [0.05, 0.1) is 0 Å². The maximum atomic E-state index is 13.2. The molecule has 2 aromatic rings. The molecule has 3 N–H and O–H groups in total. The van der Waals surface area contributed by atoms with E-state index in [1.807, 2.05) is 0 Å². The molecule has 0 unspecified atom stereocenters. The zero-order valence-corrected chi connectivity index (χ0v) is 14.1. The van der Waals surface area contributed by atoms with Gasteiger partial charge in [0.15, 0.2) is 0 Å². The highest BCUT2D eigenvalue weighted by molar-refractivity contribution is 6.05. The van der Waals surface area contributed by atoms with Crippen LogP contribution in [-0.4, -0.2) is 18.5 Å². The number of amides is 3. The zero-order valence-electron chi connectivity index (χ0n) is 14.1. The van der Waals surface area contributed by atoms with E-state index in [1.54, 1.807) is 30.3 Å². The Balaban J connectivity index is 1.93. The second-order valence-corrected chi connectivity index (χ2v) is 5.63. The lowest BCUT2D eigenvalue weighted by Crippen LogP contribution is -2.29. The van der Waals surface area contributed by atoms with Crippen LogP contribution >= 0.6 is 0 Å². The highest BCUT2D eigenvalue weighted by atomic mass is 19.1. The summed E-state index contributed by atoms with van der Waals surface area (Å²) in [5.41, 5.74) is 1.25. The molecule has 0 aliphatic heterocycles. The molecule has 5 nitrogen and oxygen atoms in total. The number of anilines is 2. The number of rotatable bonds is 7. The Kier molecular flexibility index (Phi) is 6.95. The van der Waals surface area contributed by atoms with Gasteiger partial charge in [0.2, 0.25) is 0 Å². The molecule has 0 bridgehead atoms. The summed E-state index contributed by atoms with van der Waals surface area (Å²) >= 11 is 0. The van der Waals surface area contributed by atoms with Crippen LogP contribution in [0.5, 0.6) is 0 Å². The maximum Gasteiger partial charge on any atom is 0.319 e. The number of carbonyl (C=O) groups excluding carboxylic acids is 2. The van der Waals surface area contributed by atoms with Gasteiger partial charge in [-0.3, -0.25) is 4.79 Å². The molecule has 3 amide bonds. The van der Waals surface area contributed by atoms with Crippen molar-refractivity contribution in [2.75, 3.05) is 17.2 Å². The van der Waals surface area contributed by atoms with E-state index in [0.717, 1.165) is 19.3 Å². The van der Waals surface area contributed by atoms with Crippen molar-refractivity contribution < 1.29 is 14.0 Å². The fraction of sp³-hybridized carbons (Fsp3) is 0.263. The van der Waals surface area contributed by atoms with Crippen molar-refractivity contribution in [2.45, 2.75) is 26.2 Å². The summed E-state index contributed by atoms with van der Waals surface area (Å²) in [4.78, 5) is 24.1. The molecule has 0 atom stereocenters. The van der Waals surface area contributed by atoms with E-state index in [4.69, 9.17) is 0 Å². The third-order valence-electron chi connectivity index (χ3n) is 3.53. The van der Waals surface area contributed by atoms with Crippen LogP contribution in [0.15, 0.2) is 48.5 Å².